The lowest BCUT2D eigenvalue weighted by atomic mass is 9.81. The van der Waals surface area contributed by atoms with Crippen LogP contribution < -0.4 is 5.32 Å². The molecule has 2 atom stereocenters. The van der Waals surface area contributed by atoms with Crippen LogP contribution in [0.4, 0.5) is 0 Å². The van der Waals surface area contributed by atoms with E-state index in [0.29, 0.717) is 0 Å². The number of hydrogen-bond donors (Lipinski definition) is 1. The zero-order valence-corrected chi connectivity index (χ0v) is 12.1. The minimum atomic E-state index is 0.754. The van der Waals surface area contributed by atoms with Crippen molar-refractivity contribution in [3.05, 3.63) is 34.9 Å². The zero-order valence-electron chi connectivity index (χ0n) is 12.1. The van der Waals surface area contributed by atoms with Gasteiger partial charge in [0.15, 0.2) is 0 Å². The summed E-state index contributed by atoms with van der Waals surface area (Å²) in [5, 5.41) is 3.51. The van der Waals surface area contributed by atoms with Gasteiger partial charge in [0, 0.05) is 6.04 Å². The fourth-order valence-corrected chi connectivity index (χ4v) is 3.40. The number of hydrogen-bond acceptors (Lipinski definition) is 1. The summed E-state index contributed by atoms with van der Waals surface area (Å²) in [4.78, 5) is 0. The molecule has 1 aromatic rings. The first-order valence-corrected chi connectivity index (χ1v) is 7.44. The Kier molecular flexibility index (Phi) is 4.82. The first-order chi connectivity index (χ1) is 8.70. The maximum atomic E-state index is 3.51. The molecule has 0 heterocycles. The van der Waals surface area contributed by atoms with Gasteiger partial charge in [-0.1, -0.05) is 36.6 Å². The van der Waals surface area contributed by atoms with Crippen molar-refractivity contribution in [3.8, 4) is 0 Å². The van der Waals surface area contributed by atoms with E-state index in [2.05, 4.69) is 44.4 Å². The first kappa shape index (κ1) is 13.6. The molecule has 1 aliphatic rings. The molecule has 1 aromatic carbocycles. The minimum Gasteiger partial charge on any atom is -0.317 e. The van der Waals surface area contributed by atoms with Gasteiger partial charge in [0.05, 0.1) is 0 Å². The van der Waals surface area contributed by atoms with E-state index in [1.54, 1.807) is 5.56 Å². The van der Waals surface area contributed by atoms with Gasteiger partial charge in [-0.2, -0.15) is 0 Å². The zero-order chi connectivity index (χ0) is 13.0. The molecule has 0 saturated heterocycles. The second-order valence-electron chi connectivity index (χ2n) is 5.91. The van der Waals surface area contributed by atoms with Crippen molar-refractivity contribution in [1.82, 2.24) is 5.32 Å². The summed E-state index contributed by atoms with van der Waals surface area (Å²) in [5.74, 6) is 0.879. The van der Waals surface area contributed by atoms with Gasteiger partial charge in [-0.3, -0.25) is 0 Å². The molecule has 0 amide bonds. The normalized spacial score (nSPS) is 24.2. The molecule has 0 bridgehead atoms. The van der Waals surface area contributed by atoms with Gasteiger partial charge >= 0.3 is 0 Å². The van der Waals surface area contributed by atoms with Gasteiger partial charge in [0.2, 0.25) is 0 Å². The van der Waals surface area contributed by atoms with Crippen molar-refractivity contribution in [2.45, 2.75) is 58.4 Å². The van der Waals surface area contributed by atoms with E-state index in [0.717, 1.165) is 12.0 Å². The van der Waals surface area contributed by atoms with E-state index in [9.17, 15) is 0 Å². The Morgan fingerprint density at radius 2 is 1.94 bits per heavy atom. The summed E-state index contributed by atoms with van der Waals surface area (Å²) in [6, 6.07) is 7.64. The summed E-state index contributed by atoms with van der Waals surface area (Å²) in [6.45, 7) is 4.42. The van der Waals surface area contributed by atoms with Crippen molar-refractivity contribution in [2.24, 2.45) is 5.92 Å². The van der Waals surface area contributed by atoms with Crippen molar-refractivity contribution in [3.63, 3.8) is 0 Å². The molecule has 2 rings (SSSR count). The third-order valence-corrected chi connectivity index (χ3v) is 4.56. The average Bonchev–Trinajstić information content (AvgIpc) is 2.38. The van der Waals surface area contributed by atoms with Gasteiger partial charge in [0.25, 0.3) is 0 Å². The second kappa shape index (κ2) is 6.38. The predicted octanol–water partition coefficient (Wildman–Crippen LogP) is 4.01. The summed E-state index contributed by atoms with van der Waals surface area (Å²) in [6.07, 6.45) is 8.20. The Hall–Kier alpha value is -0.820. The van der Waals surface area contributed by atoms with Crippen molar-refractivity contribution in [2.75, 3.05) is 7.05 Å². The van der Waals surface area contributed by atoms with Crippen molar-refractivity contribution >= 4 is 0 Å². The van der Waals surface area contributed by atoms with Gasteiger partial charge in [0.1, 0.15) is 0 Å². The number of aryl methyl sites for hydroxylation is 3. The van der Waals surface area contributed by atoms with Gasteiger partial charge in [-0.25, -0.2) is 0 Å². The smallest absolute Gasteiger partial charge is 0.00924 e. The van der Waals surface area contributed by atoms with E-state index in [-0.39, 0.29) is 0 Å². The Bertz CT molecular complexity index is 383. The fraction of sp³-hybridized carbons (Fsp3) is 0.647. The lowest BCUT2D eigenvalue weighted by Crippen LogP contribution is -2.36. The molecule has 1 fully saturated rings. The van der Waals surface area contributed by atoms with E-state index < -0.39 is 0 Å². The average molecular weight is 245 g/mol. The van der Waals surface area contributed by atoms with Crippen LogP contribution in [-0.4, -0.2) is 13.1 Å². The predicted molar refractivity (Wildman–Crippen MR) is 79.0 cm³/mol. The molecule has 1 aliphatic carbocycles. The molecule has 1 nitrogen and oxygen atoms in total. The third kappa shape index (κ3) is 3.35. The lowest BCUT2D eigenvalue weighted by Gasteiger charge is -2.31. The monoisotopic (exact) mass is 245 g/mol. The van der Waals surface area contributed by atoms with Crippen molar-refractivity contribution in [1.29, 1.82) is 0 Å². The molecule has 1 heteroatoms. The summed E-state index contributed by atoms with van der Waals surface area (Å²) >= 11 is 0. The Labute approximate surface area is 112 Å². The molecule has 0 radical (unpaired) electrons. The highest BCUT2D eigenvalue weighted by molar-refractivity contribution is 5.30. The highest BCUT2D eigenvalue weighted by Gasteiger charge is 2.23. The SMILES string of the molecule is CNC1CCCCC1CCc1ccc(C)cc1C. The summed E-state index contributed by atoms with van der Waals surface area (Å²) in [5.41, 5.74) is 4.38. The van der Waals surface area contributed by atoms with Crippen LogP contribution in [0.5, 0.6) is 0 Å². The largest absolute Gasteiger partial charge is 0.317 e. The summed E-state index contributed by atoms with van der Waals surface area (Å²) < 4.78 is 0. The van der Waals surface area contributed by atoms with Crippen LogP contribution in [0.1, 0.15) is 48.8 Å². The molecular formula is C17H27N. The highest BCUT2D eigenvalue weighted by atomic mass is 14.9. The molecule has 0 aliphatic heterocycles. The molecule has 18 heavy (non-hydrogen) atoms. The van der Waals surface area contributed by atoms with Crippen LogP contribution in [0.2, 0.25) is 0 Å². The third-order valence-electron chi connectivity index (χ3n) is 4.56. The van der Waals surface area contributed by atoms with Crippen LogP contribution in [-0.2, 0) is 6.42 Å². The maximum Gasteiger partial charge on any atom is 0.00924 e. The van der Waals surface area contributed by atoms with E-state index in [1.165, 1.54) is 49.7 Å². The van der Waals surface area contributed by atoms with Gasteiger partial charge in [-0.15, -0.1) is 0 Å². The molecule has 1 saturated carbocycles. The minimum absolute atomic E-state index is 0.754. The Balaban J connectivity index is 1.93. The van der Waals surface area contributed by atoms with Gasteiger partial charge < -0.3 is 5.32 Å². The molecule has 2 unspecified atom stereocenters. The van der Waals surface area contributed by atoms with Crippen LogP contribution in [0.3, 0.4) is 0 Å². The number of nitrogens with one attached hydrogen (secondary N) is 1. The van der Waals surface area contributed by atoms with Gasteiger partial charge in [-0.05, 0) is 63.6 Å². The molecular weight excluding hydrogens is 218 g/mol. The van der Waals surface area contributed by atoms with Crippen LogP contribution in [0.25, 0.3) is 0 Å². The standard InChI is InChI=1S/C17H27N/c1-13-8-9-15(14(2)12-13)10-11-16-6-4-5-7-17(16)18-3/h8-9,12,16-18H,4-7,10-11H2,1-3H3. The second-order valence-corrected chi connectivity index (χ2v) is 5.91. The summed E-state index contributed by atoms with van der Waals surface area (Å²) in [7, 11) is 2.13. The number of benzene rings is 1. The highest BCUT2D eigenvalue weighted by Crippen LogP contribution is 2.28. The number of rotatable bonds is 4. The Morgan fingerprint density at radius 3 is 2.67 bits per heavy atom. The Morgan fingerprint density at radius 1 is 1.17 bits per heavy atom. The molecule has 0 spiro atoms. The van der Waals surface area contributed by atoms with E-state index in [1.807, 2.05) is 0 Å². The van der Waals surface area contributed by atoms with E-state index >= 15 is 0 Å². The first-order valence-electron chi connectivity index (χ1n) is 7.44. The van der Waals surface area contributed by atoms with Crippen LogP contribution in [0, 0.1) is 19.8 Å². The lowest BCUT2D eigenvalue weighted by molar-refractivity contribution is 0.260. The van der Waals surface area contributed by atoms with Crippen molar-refractivity contribution < 1.29 is 0 Å². The van der Waals surface area contributed by atoms with Crippen LogP contribution >= 0.6 is 0 Å². The molecule has 1 N–H and O–H groups in total. The molecule has 0 aromatic heterocycles. The van der Waals surface area contributed by atoms with Crippen LogP contribution in [0.15, 0.2) is 18.2 Å². The fourth-order valence-electron chi connectivity index (χ4n) is 3.40. The molecule has 100 valence electrons. The quantitative estimate of drug-likeness (QED) is 0.845. The topological polar surface area (TPSA) is 12.0 Å². The van der Waals surface area contributed by atoms with E-state index in [4.69, 9.17) is 0 Å². The maximum absolute atomic E-state index is 3.51.